The summed E-state index contributed by atoms with van der Waals surface area (Å²) in [7, 11) is 0. The summed E-state index contributed by atoms with van der Waals surface area (Å²) in [4.78, 5) is 0. The van der Waals surface area contributed by atoms with E-state index >= 15 is 0 Å². The van der Waals surface area contributed by atoms with Crippen LogP contribution in [0.3, 0.4) is 0 Å². The molecule has 0 atom stereocenters. The highest BCUT2D eigenvalue weighted by atomic mass is 19.1. The Morgan fingerprint density at radius 2 is 1.90 bits per heavy atom. The van der Waals surface area contributed by atoms with Gasteiger partial charge in [-0.05, 0) is 32.9 Å². The second kappa shape index (κ2) is 4.98. The third kappa shape index (κ3) is 4.07. The topological polar surface area (TPSA) is 0 Å². The predicted molar refractivity (Wildman–Crippen MR) is 43.4 cm³/mol. The molecule has 0 unspecified atom stereocenters. The number of allylic oxidation sites excluding steroid dienone is 6. The van der Waals surface area contributed by atoms with Gasteiger partial charge in [-0.2, -0.15) is 0 Å². The molecule has 0 N–H and O–H groups in total. The van der Waals surface area contributed by atoms with E-state index in [0.717, 1.165) is 5.57 Å². The van der Waals surface area contributed by atoms with Gasteiger partial charge in [-0.3, -0.25) is 0 Å². The molecule has 0 saturated heterocycles. The molecular formula is C9H13F. The zero-order valence-corrected chi connectivity index (χ0v) is 6.69. The smallest absolute Gasteiger partial charge is 0.123 e. The standard InChI is InChI=1S/C9H13F/c1-4-6-9(10)7-8(3)5-2/h4-7H,1-3H3/b6-4-,8-5+,9-7+. The van der Waals surface area contributed by atoms with Gasteiger partial charge >= 0.3 is 0 Å². The van der Waals surface area contributed by atoms with Crippen LogP contribution >= 0.6 is 0 Å². The second-order valence-corrected chi connectivity index (χ2v) is 2.06. The average molecular weight is 140 g/mol. The summed E-state index contributed by atoms with van der Waals surface area (Å²) in [6, 6.07) is 0. The molecule has 0 saturated carbocycles. The lowest BCUT2D eigenvalue weighted by Crippen LogP contribution is -1.68. The molecule has 0 amide bonds. The Labute approximate surface area is 61.8 Å². The van der Waals surface area contributed by atoms with Crippen LogP contribution in [0, 0.1) is 0 Å². The van der Waals surface area contributed by atoms with E-state index in [1.54, 1.807) is 13.0 Å². The highest BCUT2D eigenvalue weighted by Gasteiger charge is 1.85. The van der Waals surface area contributed by atoms with Crippen LogP contribution in [0.1, 0.15) is 20.8 Å². The summed E-state index contributed by atoms with van der Waals surface area (Å²) < 4.78 is 12.6. The van der Waals surface area contributed by atoms with Crippen LogP contribution in [-0.2, 0) is 0 Å². The Morgan fingerprint density at radius 3 is 2.30 bits per heavy atom. The van der Waals surface area contributed by atoms with Gasteiger partial charge in [-0.25, -0.2) is 4.39 Å². The van der Waals surface area contributed by atoms with E-state index in [2.05, 4.69) is 0 Å². The number of hydrogen-bond donors (Lipinski definition) is 0. The van der Waals surface area contributed by atoms with Crippen LogP contribution in [0.2, 0.25) is 0 Å². The largest absolute Gasteiger partial charge is 0.207 e. The van der Waals surface area contributed by atoms with Crippen LogP contribution in [0.4, 0.5) is 4.39 Å². The summed E-state index contributed by atoms with van der Waals surface area (Å²) in [6.45, 7) is 5.54. The summed E-state index contributed by atoms with van der Waals surface area (Å²) in [5.41, 5.74) is 0.940. The number of halogens is 1. The van der Waals surface area contributed by atoms with Crippen molar-refractivity contribution < 1.29 is 4.39 Å². The Balaban J connectivity index is 4.16. The van der Waals surface area contributed by atoms with Crippen molar-refractivity contribution in [2.24, 2.45) is 0 Å². The van der Waals surface area contributed by atoms with Gasteiger partial charge < -0.3 is 0 Å². The zero-order valence-electron chi connectivity index (χ0n) is 6.69. The third-order valence-electron chi connectivity index (χ3n) is 1.15. The quantitative estimate of drug-likeness (QED) is 0.516. The van der Waals surface area contributed by atoms with Crippen LogP contribution in [-0.4, -0.2) is 0 Å². The Morgan fingerprint density at radius 1 is 1.30 bits per heavy atom. The molecule has 1 heteroatoms. The molecule has 0 rings (SSSR count). The minimum Gasteiger partial charge on any atom is -0.207 e. The Hall–Kier alpha value is -0.850. The first-order valence-corrected chi connectivity index (χ1v) is 3.33. The van der Waals surface area contributed by atoms with E-state index in [4.69, 9.17) is 0 Å². The van der Waals surface area contributed by atoms with Gasteiger partial charge in [0.25, 0.3) is 0 Å². The van der Waals surface area contributed by atoms with Crippen LogP contribution < -0.4 is 0 Å². The van der Waals surface area contributed by atoms with Crippen LogP contribution in [0.25, 0.3) is 0 Å². The van der Waals surface area contributed by atoms with E-state index in [9.17, 15) is 4.39 Å². The minimum absolute atomic E-state index is 0.196. The van der Waals surface area contributed by atoms with Gasteiger partial charge in [-0.15, -0.1) is 0 Å². The van der Waals surface area contributed by atoms with Crippen molar-refractivity contribution in [3.05, 3.63) is 35.7 Å². The molecule has 0 bridgehead atoms. The molecule has 10 heavy (non-hydrogen) atoms. The van der Waals surface area contributed by atoms with Gasteiger partial charge in [0, 0.05) is 0 Å². The highest BCUT2D eigenvalue weighted by Crippen LogP contribution is 2.04. The predicted octanol–water partition coefficient (Wildman–Crippen LogP) is 3.38. The fraction of sp³-hybridized carbons (Fsp3) is 0.333. The minimum atomic E-state index is -0.196. The molecule has 0 aromatic rings. The van der Waals surface area contributed by atoms with Crippen molar-refractivity contribution in [2.45, 2.75) is 20.8 Å². The van der Waals surface area contributed by atoms with Crippen LogP contribution in [0.15, 0.2) is 35.7 Å². The van der Waals surface area contributed by atoms with Gasteiger partial charge in [0.1, 0.15) is 5.83 Å². The average Bonchev–Trinajstić information content (AvgIpc) is 1.88. The molecule has 0 spiro atoms. The number of hydrogen-bond acceptors (Lipinski definition) is 0. The van der Waals surface area contributed by atoms with Crippen molar-refractivity contribution in [2.75, 3.05) is 0 Å². The van der Waals surface area contributed by atoms with Crippen molar-refractivity contribution in [1.82, 2.24) is 0 Å². The molecule has 0 heterocycles. The normalized spacial score (nSPS) is 14.8. The molecule has 0 aromatic heterocycles. The molecule has 0 fully saturated rings. The summed E-state index contributed by atoms with van der Waals surface area (Å²) in [5, 5.41) is 0. The molecule has 0 aromatic carbocycles. The lowest BCUT2D eigenvalue weighted by Gasteiger charge is -1.87. The first-order chi connectivity index (χ1) is 4.70. The van der Waals surface area contributed by atoms with Crippen molar-refractivity contribution in [3.8, 4) is 0 Å². The summed E-state index contributed by atoms with van der Waals surface area (Å²) in [5.74, 6) is -0.196. The van der Waals surface area contributed by atoms with Gasteiger partial charge in [-0.1, -0.05) is 17.7 Å². The van der Waals surface area contributed by atoms with Gasteiger partial charge in [0.2, 0.25) is 0 Å². The number of rotatable bonds is 2. The maximum Gasteiger partial charge on any atom is 0.123 e. The maximum atomic E-state index is 12.6. The van der Waals surface area contributed by atoms with Crippen molar-refractivity contribution >= 4 is 0 Å². The van der Waals surface area contributed by atoms with Gasteiger partial charge in [0.05, 0.1) is 0 Å². The lowest BCUT2D eigenvalue weighted by atomic mass is 10.2. The maximum absolute atomic E-state index is 12.6. The summed E-state index contributed by atoms with van der Waals surface area (Å²) >= 11 is 0. The molecule has 56 valence electrons. The molecular weight excluding hydrogens is 127 g/mol. The zero-order chi connectivity index (χ0) is 7.98. The molecule has 0 aliphatic rings. The van der Waals surface area contributed by atoms with E-state index in [1.165, 1.54) is 12.2 Å². The monoisotopic (exact) mass is 140 g/mol. The second-order valence-electron chi connectivity index (χ2n) is 2.06. The van der Waals surface area contributed by atoms with E-state index in [1.807, 2.05) is 19.9 Å². The highest BCUT2D eigenvalue weighted by molar-refractivity contribution is 5.23. The summed E-state index contributed by atoms with van der Waals surface area (Å²) in [6.07, 6.45) is 6.48. The van der Waals surface area contributed by atoms with Crippen molar-refractivity contribution in [1.29, 1.82) is 0 Å². The molecule has 0 aliphatic carbocycles. The first kappa shape index (κ1) is 9.15. The van der Waals surface area contributed by atoms with E-state index in [-0.39, 0.29) is 5.83 Å². The molecule has 0 nitrogen and oxygen atoms in total. The van der Waals surface area contributed by atoms with E-state index in [0.29, 0.717) is 0 Å². The third-order valence-corrected chi connectivity index (χ3v) is 1.15. The fourth-order valence-electron chi connectivity index (χ4n) is 0.508. The first-order valence-electron chi connectivity index (χ1n) is 3.33. The fourth-order valence-corrected chi connectivity index (χ4v) is 0.508. The molecule has 0 aliphatic heterocycles. The Bertz CT molecular complexity index is 173. The molecule has 0 radical (unpaired) electrons. The lowest BCUT2D eigenvalue weighted by molar-refractivity contribution is 0.665. The van der Waals surface area contributed by atoms with Crippen LogP contribution in [0.5, 0.6) is 0 Å². The van der Waals surface area contributed by atoms with E-state index < -0.39 is 0 Å². The van der Waals surface area contributed by atoms with Crippen molar-refractivity contribution in [3.63, 3.8) is 0 Å². The Kier molecular flexibility index (Phi) is 4.55. The SMILES string of the molecule is C\C=C/C(F)=C\C(C)=C\C. The van der Waals surface area contributed by atoms with Gasteiger partial charge in [0.15, 0.2) is 0 Å².